The number of thiophene rings is 1. The molecule has 0 spiro atoms. The molecule has 0 radical (unpaired) electrons. The van der Waals surface area contributed by atoms with E-state index in [1.54, 1.807) is 11.3 Å². The molecule has 3 atom stereocenters. The first-order valence-electron chi connectivity index (χ1n) is 8.13. The Labute approximate surface area is 131 Å². The lowest BCUT2D eigenvalue weighted by Gasteiger charge is -2.41. The van der Waals surface area contributed by atoms with Crippen LogP contribution >= 0.6 is 11.3 Å². The Morgan fingerprint density at radius 1 is 1.48 bits per heavy atom. The maximum Gasteiger partial charge on any atom is 0.241 e. The van der Waals surface area contributed by atoms with Crippen molar-refractivity contribution in [3.05, 3.63) is 22.4 Å². The minimum atomic E-state index is -0.0119. The van der Waals surface area contributed by atoms with Crippen LogP contribution in [0.25, 0.3) is 0 Å². The number of nitrogens with zero attached hydrogens (tertiary/aromatic N) is 1. The van der Waals surface area contributed by atoms with Gasteiger partial charge in [0.1, 0.15) is 6.17 Å². The first kappa shape index (κ1) is 15.0. The van der Waals surface area contributed by atoms with Gasteiger partial charge in [-0.25, -0.2) is 0 Å². The van der Waals surface area contributed by atoms with E-state index >= 15 is 0 Å². The van der Waals surface area contributed by atoms with E-state index in [9.17, 15) is 4.79 Å². The highest BCUT2D eigenvalue weighted by atomic mass is 32.1. The quantitative estimate of drug-likeness (QED) is 0.918. The number of hydrogen-bond donors (Lipinski definition) is 1. The Morgan fingerprint density at radius 3 is 2.90 bits per heavy atom. The van der Waals surface area contributed by atoms with Gasteiger partial charge in [-0.05, 0) is 42.5 Å². The lowest BCUT2D eigenvalue weighted by atomic mass is 9.74. The molecule has 1 amide bonds. The van der Waals surface area contributed by atoms with Crippen molar-refractivity contribution in [3.63, 3.8) is 0 Å². The number of hydrogen-bond acceptors (Lipinski definition) is 3. The van der Waals surface area contributed by atoms with Gasteiger partial charge in [0.05, 0.1) is 6.04 Å². The summed E-state index contributed by atoms with van der Waals surface area (Å²) in [5.74, 6) is 0.304. The van der Waals surface area contributed by atoms with E-state index in [1.807, 2.05) is 0 Å². The van der Waals surface area contributed by atoms with Crippen molar-refractivity contribution >= 4 is 17.2 Å². The molecule has 1 saturated carbocycles. The second-order valence-corrected chi connectivity index (χ2v) is 8.18. The third-order valence-corrected chi connectivity index (χ3v) is 5.91. The van der Waals surface area contributed by atoms with Crippen LogP contribution in [0.15, 0.2) is 17.5 Å². The van der Waals surface area contributed by atoms with E-state index in [0.717, 1.165) is 19.3 Å². The molecule has 1 N–H and O–H groups in total. The highest BCUT2D eigenvalue weighted by molar-refractivity contribution is 7.10. The number of carbonyl (C=O) groups is 1. The number of carbonyl (C=O) groups excluding carboxylic acids is 1. The van der Waals surface area contributed by atoms with E-state index in [4.69, 9.17) is 0 Å². The molecular formula is C17H26N2OS. The van der Waals surface area contributed by atoms with Crippen LogP contribution in [-0.4, -0.2) is 22.9 Å². The lowest BCUT2D eigenvalue weighted by molar-refractivity contribution is -0.133. The van der Waals surface area contributed by atoms with Crippen molar-refractivity contribution in [1.29, 1.82) is 0 Å². The molecule has 2 fully saturated rings. The molecule has 1 aliphatic carbocycles. The van der Waals surface area contributed by atoms with Crippen molar-refractivity contribution < 1.29 is 4.79 Å². The molecule has 21 heavy (non-hydrogen) atoms. The average Bonchev–Trinajstić information content (AvgIpc) is 3.04. The molecular weight excluding hydrogens is 280 g/mol. The number of rotatable bonds is 3. The van der Waals surface area contributed by atoms with Crippen molar-refractivity contribution in [3.8, 4) is 0 Å². The van der Waals surface area contributed by atoms with E-state index in [0.29, 0.717) is 17.4 Å². The van der Waals surface area contributed by atoms with Gasteiger partial charge in [-0.15, -0.1) is 11.3 Å². The summed E-state index contributed by atoms with van der Waals surface area (Å²) in [6.07, 6.45) is 5.73. The van der Waals surface area contributed by atoms with E-state index in [1.165, 1.54) is 17.7 Å². The summed E-state index contributed by atoms with van der Waals surface area (Å²) < 4.78 is 0. The van der Waals surface area contributed by atoms with E-state index in [-0.39, 0.29) is 12.2 Å². The zero-order valence-electron chi connectivity index (χ0n) is 13.3. The van der Waals surface area contributed by atoms with E-state index in [2.05, 4.69) is 48.5 Å². The fourth-order valence-corrected chi connectivity index (χ4v) is 4.68. The fraction of sp³-hybridized carbons (Fsp3) is 0.706. The molecule has 3 unspecified atom stereocenters. The molecule has 2 aliphatic rings. The maximum absolute atomic E-state index is 12.8. The monoisotopic (exact) mass is 306 g/mol. The predicted molar refractivity (Wildman–Crippen MR) is 87.2 cm³/mol. The Morgan fingerprint density at radius 2 is 2.29 bits per heavy atom. The summed E-state index contributed by atoms with van der Waals surface area (Å²) in [6.45, 7) is 6.77. The van der Waals surface area contributed by atoms with Crippen molar-refractivity contribution in [2.75, 3.05) is 0 Å². The van der Waals surface area contributed by atoms with Crippen molar-refractivity contribution in [2.45, 2.75) is 71.1 Å². The van der Waals surface area contributed by atoms with Crippen LogP contribution in [0.5, 0.6) is 0 Å². The van der Waals surface area contributed by atoms with Crippen molar-refractivity contribution in [1.82, 2.24) is 10.2 Å². The molecule has 1 saturated heterocycles. The predicted octanol–water partition coefficient (Wildman–Crippen LogP) is 3.93. The first-order chi connectivity index (χ1) is 10.0. The zero-order valence-corrected chi connectivity index (χ0v) is 14.1. The van der Waals surface area contributed by atoms with Gasteiger partial charge in [-0.2, -0.15) is 0 Å². The molecule has 3 nitrogen and oxygen atoms in total. The summed E-state index contributed by atoms with van der Waals surface area (Å²) in [5.41, 5.74) is 0.355. The van der Waals surface area contributed by atoms with Crippen LogP contribution in [0.4, 0.5) is 0 Å². The van der Waals surface area contributed by atoms with Gasteiger partial charge >= 0.3 is 0 Å². The van der Waals surface area contributed by atoms with Crippen LogP contribution in [-0.2, 0) is 4.79 Å². The Balaban J connectivity index is 1.87. The van der Waals surface area contributed by atoms with Gasteiger partial charge in [0.2, 0.25) is 5.91 Å². The smallest absolute Gasteiger partial charge is 0.241 e. The van der Waals surface area contributed by atoms with Crippen LogP contribution < -0.4 is 5.32 Å². The molecule has 1 aromatic rings. The fourth-order valence-electron chi connectivity index (χ4n) is 3.89. The topological polar surface area (TPSA) is 32.3 Å². The molecule has 1 aromatic heterocycles. The molecule has 0 aromatic carbocycles. The second kappa shape index (κ2) is 5.73. The van der Waals surface area contributed by atoms with Crippen molar-refractivity contribution in [2.24, 2.45) is 5.41 Å². The Kier molecular flexibility index (Phi) is 4.10. The largest absolute Gasteiger partial charge is 0.318 e. The second-order valence-electron chi connectivity index (χ2n) is 7.21. The van der Waals surface area contributed by atoms with Gasteiger partial charge in [0.15, 0.2) is 0 Å². The van der Waals surface area contributed by atoms with Gasteiger partial charge in [0.25, 0.3) is 0 Å². The number of nitrogens with one attached hydrogen (secondary N) is 1. The van der Waals surface area contributed by atoms with Gasteiger partial charge < -0.3 is 4.90 Å². The average molecular weight is 306 g/mol. The van der Waals surface area contributed by atoms with Gasteiger partial charge in [-0.3, -0.25) is 10.1 Å². The van der Waals surface area contributed by atoms with Crippen LogP contribution in [0.1, 0.15) is 63.9 Å². The Bertz CT molecular complexity index is 497. The molecule has 4 heteroatoms. The molecule has 0 bridgehead atoms. The third-order valence-electron chi connectivity index (χ3n) is 4.98. The molecule has 116 valence electrons. The lowest BCUT2D eigenvalue weighted by Crippen LogP contribution is -2.44. The number of amides is 1. The van der Waals surface area contributed by atoms with E-state index < -0.39 is 0 Å². The zero-order chi connectivity index (χ0) is 15.0. The summed E-state index contributed by atoms with van der Waals surface area (Å²) in [5, 5.41) is 5.66. The third kappa shape index (κ3) is 2.88. The maximum atomic E-state index is 12.8. The Hall–Kier alpha value is -0.870. The van der Waals surface area contributed by atoms with Gasteiger partial charge in [-0.1, -0.05) is 33.3 Å². The normalized spacial score (nSPS) is 32.6. The minimum absolute atomic E-state index is 0.0119. The molecule has 3 rings (SSSR count). The van der Waals surface area contributed by atoms with Crippen LogP contribution in [0, 0.1) is 5.41 Å². The highest BCUT2D eigenvalue weighted by Gasteiger charge is 2.44. The summed E-state index contributed by atoms with van der Waals surface area (Å²) in [4.78, 5) is 16.3. The standard InChI is InChI=1S/C17H26N2OS/c1-4-13-16(20)19(12-7-5-9-17(2,3)11-12)15(18-13)14-8-6-10-21-14/h6,8,10,12-13,15,18H,4-5,7,9,11H2,1-3H3. The summed E-state index contributed by atoms with van der Waals surface area (Å²) in [6, 6.07) is 4.60. The minimum Gasteiger partial charge on any atom is -0.318 e. The highest BCUT2D eigenvalue weighted by Crippen LogP contribution is 2.41. The molecule has 2 heterocycles. The van der Waals surface area contributed by atoms with Crippen LogP contribution in [0.3, 0.4) is 0 Å². The van der Waals surface area contributed by atoms with Crippen LogP contribution in [0.2, 0.25) is 0 Å². The first-order valence-corrected chi connectivity index (χ1v) is 9.01. The molecule has 1 aliphatic heterocycles. The summed E-state index contributed by atoms with van der Waals surface area (Å²) in [7, 11) is 0. The van der Waals surface area contributed by atoms with Gasteiger partial charge in [0, 0.05) is 10.9 Å². The SMILES string of the molecule is CCC1NC(c2cccs2)N(C2CCCC(C)(C)C2)C1=O. The summed E-state index contributed by atoms with van der Waals surface area (Å²) >= 11 is 1.75.